The molecule has 0 saturated carbocycles. The van der Waals surface area contributed by atoms with Crippen LogP contribution in [0.25, 0.3) is 0 Å². The number of hydrogen-bond donors (Lipinski definition) is 3. The normalized spacial score (nSPS) is 17.5. The molecule has 1 unspecified atom stereocenters. The quantitative estimate of drug-likeness (QED) is 0.440. The summed E-state index contributed by atoms with van der Waals surface area (Å²) in [6.07, 6.45) is -1.01. The summed E-state index contributed by atoms with van der Waals surface area (Å²) in [5.74, 6) is -3.53. The molecule has 12 nitrogen and oxygen atoms in total. The van der Waals surface area contributed by atoms with Crippen LogP contribution >= 0.6 is 0 Å². The number of sulfone groups is 1. The first-order valence-electron chi connectivity index (χ1n) is 8.76. The van der Waals surface area contributed by atoms with Crippen molar-refractivity contribution in [2.24, 2.45) is 5.16 Å². The van der Waals surface area contributed by atoms with Crippen LogP contribution in [-0.2, 0) is 33.9 Å². The van der Waals surface area contributed by atoms with E-state index in [1.54, 1.807) is 18.2 Å². The molecule has 1 aliphatic heterocycles. The fourth-order valence-electron chi connectivity index (χ4n) is 2.55. The SMILES string of the molecule is CN1ON=C(OCCC(=O)N[C@@H](CCC(=O)O)C(=O)O)C1S(=O)(=O)c1ccccc1. The predicted molar refractivity (Wildman–Crippen MR) is 101 cm³/mol. The average Bonchev–Trinajstić information content (AvgIpc) is 3.06. The fraction of sp³-hybridized carbons (Fsp3) is 0.412. The maximum Gasteiger partial charge on any atom is 0.326 e. The highest BCUT2D eigenvalue weighted by atomic mass is 32.2. The second-order valence-corrected chi connectivity index (χ2v) is 8.26. The van der Waals surface area contributed by atoms with Crippen molar-refractivity contribution in [2.45, 2.75) is 35.6 Å². The van der Waals surface area contributed by atoms with Gasteiger partial charge in [0.15, 0.2) is 0 Å². The van der Waals surface area contributed by atoms with Crippen LogP contribution in [0.2, 0.25) is 0 Å². The van der Waals surface area contributed by atoms with E-state index in [1.165, 1.54) is 19.2 Å². The molecule has 164 valence electrons. The molecule has 2 atom stereocenters. The van der Waals surface area contributed by atoms with Crippen molar-refractivity contribution < 1.29 is 42.7 Å². The molecule has 1 aromatic carbocycles. The summed E-state index contributed by atoms with van der Waals surface area (Å²) < 4.78 is 31.0. The molecule has 1 heterocycles. The number of likely N-dealkylation sites (N-methyl/N-ethyl adjacent to an activating group) is 1. The molecule has 0 fully saturated rings. The van der Waals surface area contributed by atoms with E-state index in [-0.39, 0.29) is 30.2 Å². The van der Waals surface area contributed by atoms with Crippen LogP contribution in [0.15, 0.2) is 40.4 Å². The smallest absolute Gasteiger partial charge is 0.326 e. The van der Waals surface area contributed by atoms with E-state index in [0.717, 1.165) is 5.06 Å². The Morgan fingerprint density at radius 3 is 2.50 bits per heavy atom. The number of carbonyl (C=O) groups is 3. The lowest BCUT2D eigenvalue weighted by molar-refractivity contribution is -0.143. The zero-order valence-electron chi connectivity index (χ0n) is 15.9. The van der Waals surface area contributed by atoms with Crippen molar-refractivity contribution in [1.29, 1.82) is 0 Å². The van der Waals surface area contributed by atoms with Gasteiger partial charge in [0, 0.05) is 13.5 Å². The van der Waals surface area contributed by atoms with E-state index >= 15 is 0 Å². The maximum absolute atomic E-state index is 12.8. The van der Waals surface area contributed by atoms with Crippen LogP contribution < -0.4 is 5.32 Å². The van der Waals surface area contributed by atoms with E-state index in [0.29, 0.717) is 0 Å². The van der Waals surface area contributed by atoms with E-state index < -0.39 is 45.5 Å². The van der Waals surface area contributed by atoms with Gasteiger partial charge in [0.25, 0.3) is 5.90 Å². The summed E-state index contributed by atoms with van der Waals surface area (Å²) >= 11 is 0. The molecule has 2 rings (SSSR count). The van der Waals surface area contributed by atoms with Gasteiger partial charge in [-0.25, -0.2) is 13.2 Å². The topological polar surface area (TPSA) is 172 Å². The lowest BCUT2D eigenvalue weighted by atomic mass is 10.1. The van der Waals surface area contributed by atoms with Crippen LogP contribution in [0.3, 0.4) is 0 Å². The summed E-state index contributed by atoms with van der Waals surface area (Å²) in [4.78, 5) is 38.5. The molecule has 3 N–H and O–H groups in total. The van der Waals surface area contributed by atoms with E-state index in [1.807, 2.05) is 0 Å². The van der Waals surface area contributed by atoms with Gasteiger partial charge < -0.3 is 20.3 Å². The average molecular weight is 443 g/mol. The first kappa shape index (κ1) is 23.1. The number of ether oxygens (including phenoxy) is 1. The number of nitrogens with zero attached hydrogens (tertiary/aromatic N) is 2. The molecule has 0 radical (unpaired) electrons. The number of oxime groups is 1. The summed E-state index contributed by atoms with van der Waals surface area (Å²) in [5.41, 5.74) is 0. The van der Waals surface area contributed by atoms with Crippen molar-refractivity contribution in [2.75, 3.05) is 13.7 Å². The van der Waals surface area contributed by atoms with Crippen LogP contribution in [0.4, 0.5) is 0 Å². The number of amides is 1. The van der Waals surface area contributed by atoms with E-state index in [4.69, 9.17) is 19.9 Å². The van der Waals surface area contributed by atoms with Gasteiger partial charge in [-0.3, -0.25) is 14.5 Å². The molecule has 1 aliphatic rings. The van der Waals surface area contributed by atoms with Crippen LogP contribution in [0.1, 0.15) is 19.3 Å². The predicted octanol–water partition coefficient (Wildman–Crippen LogP) is -0.182. The molecule has 0 spiro atoms. The van der Waals surface area contributed by atoms with Crippen molar-refractivity contribution in [3.63, 3.8) is 0 Å². The van der Waals surface area contributed by atoms with Gasteiger partial charge in [0.1, 0.15) is 6.04 Å². The minimum Gasteiger partial charge on any atom is -0.481 e. The van der Waals surface area contributed by atoms with E-state index in [2.05, 4.69) is 10.5 Å². The Balaban J connectivity index is 1.94. The van der Waals surface area contributed by atoms with Gasteiger partial charge in [-0.2, -0.15) is 0 Å². The fourth-order valence-corrected chi connectivity index (χ4v) is 4.15. The third-order valence-corrected chi connectivity index (χ3v) is 6.04. The van der Waals surface area contributed by atoms with Crippen LogP contribution in [0.5, 0.6) is 0 Å². The van der Waals surface area contributed by atoms with Crippen molar-refractivity contribution in [1.82, 2.24) is 10.4 Å². The lowest BCUT2D eigenvalue weighted by Gasteiger charge is -2.18. The number of aliphatic carboxylic acids is 2. The van der Waals surface area contributed by atoms with Gasteiger partial charge >= 0.3 is 11.9 Å². The Hall–Kier alpha value is -3.19. The zero-order valence-corrected chi connectivity index (χ0v) is 16.7. The summed E-state index contributed by atoms with van der Waals surface area (Å²) in [6.45, 7) is -0.298. The minimum absolute atomic E-state index is 0.0316. The third kappa shape index (κ3) is 5.90. The summed E-state index contributed by atoms with van der Waals surface area (Å²) in [7, 11) is -2.56. The monoisotopic (exact) mass is 443 g/mol. The number of nitrogens with one attached hydrogen (secondary N) is 1. The highest BCUT2D eigenvalue weighted by molar-refractivity contribution is 7.92. The van der Waals surface area contributed by atoms with Gasteiger partial charge in [0.2, 0.25) is 21.1 Å². The van der Waals surface area contributed by atoms with Crippen LogP contribution in [-0.4, -0.2) is 72.5 Å². The molecule has 0 bridgehead atoms. The second-order valence-electron chi connectivity index (χ2n) is 6.26. The van der Waals surface area contributed by atoms with Crippen molar-refractivity contribution >= 4 is 33.6 Å². The Bertz CT molecular complexity index is 918. The molecular weight excluding hydrogens is 422 g/mol. The number of carboxylic acid groups (broad SMARTS) is 2. The largest absolute Gasteiger partial charge is 0.481 e. The minimum atomic E-state index is -3.92. The standard InChI is InChI=1S/C17H21N3O9S/c1-20-16(30(26,27)11-5-3-2-4-6-11)15(19-29-20)28-10-9-13(21)18-12(17(24)25)7-8-14(22)23/h2-6,12,16H,7-10H2,1H3,(H,18,21)(H,22,23)(H,24,25)/t12-,16?/m0/s1. The second kappa shape index (κ2) is 10.0. The number of benzene rings is 1. The number of carbonyl (C=O) groups excluding carboxylic acids is 1. The van der Waals surface area contributed by atoms with E-state index in [9.17, 15) is 22.8 Å². The number of hydroxylamine groups is 2. The Morgan fingerprint density at radius 2 is 1.90 bits per heavy atom. The van der Waals surface area contributed by atoms with Gasteiger partial charge in [-0.05, 0) is 23.7 Å². The molecule has 0 aromatic heterocycles. The molecular formula is C17H21N3O9S. The third-order valence-electron chi connectivity index (χ3n) is 4.03. The Morgan fingerprint density at radius 1 is 1.23 bits per heavy atom. The molecule has 30 heavy (non-hydrogen) atoms. The van der Waals surface area contributed by atoms with Crippen molar-refractivity contribution in [3.8, 4) is 0 Å². The number of rotatable bonds is 10. The first-order chi connectivity index (χ1) is 14.1. The Labute approximate surface area is 171 Å². The highest BCUT2D eigenvalue weighted by Gasteiger charge is 2.43. The van der Waals surface area contributed by atoms with Gasteiger partial charge in [-0.1, -0.05) is 23.3 Å². The number of carboxylic acids is 2. The molecule has 1 aromatic rings. The highest BCUT2D eigenvalue weighted by Crippen LogP contribution is 2.23. The van der Waals surface area contributed by atoms with Crippen molar-refractivity contribution in [3.05, 3.63) is 30.3 Å². The van der Waals surface area contributed by atoms with Gasteiger partial charge in [0.05, 0.1) is 17.9 Å². The van der Waals surface area contributed by atoms with Gasteiger partial charge in [-0.15, -0.1) is 0 Å². The lowest BCUT2D eigenvalue weighted by Crippen LogP contribution is -2.42. The zero-order chi connectivity index (χ0) is 22.3. The summed E-state index contributed by atoms with van der Waals surface area (Å²) in [5, 5.41) is 23.1. The molecule has 13 heteroatoms. The van der Waals surface area contributed by atoms with Crippen LogP contribution in [0, 0.1) is 0 Å². The maximum atomic E-state index is 12.8. The summed E-state index contributed by atoms with van der Waals surface area (Å²) in [6, 6.07) is 6.25. The first-order valence-corrected chi connectivity index (χ1v) is 10.3. The Kier molecular flexibility index (Phi) is 7.72. The molecule has 1 amide bonds. The number of hydrogen-bond acceptors (Lipinski definition) is 9. The molecule has 0 aliphatic carbocycles. The molecule has 0 saturated heterocycles.